The first-order chi connectivity index (χ1) is 13.4. The smallest absolute Gasteiger partial charge is 0.265 e. The first-order valence-corrected chi connectivity index (χ1v) is 11.0. The third-order valence-corrected chi connectivity index (χ3v) is 6.70. The molecule has 28 heavy (non-hydrogen) atoms. The number of sulfonamides is 1. The van der Waals surface area contributed by atoms with E-state index in [4.69, 9.17) is 16.3 Å². The van der Waals surface area contributed by atoms with Gasteiger partial charge in [-0.1, -0.05) is 24.1 Å². The zero-order chi connectivity index (χ0) is 20.1. The molecule has 1 saturated heterocycles. The first kappa shape index (κ1) is 20.6. The topological polar surface area (TPSA) is 75.7 Å². The van der Waals surface area contributed by atoms with E-state index < -0.39 is 16.1 Å². The van der Waals surface area contributed by atoms with E-state index in [2.05, 4.69) is 5.32 Å². The number of nitrogens with zero attached hydrogens (tertiary/aromatic N) is 1. The number of hydrogen-bond acceptors (Lipinski definition) is 4. The number of carbonyl (C=O) groups is 1. The molecule has 0 saturated carbocycles. The van der Waals surface area contributed by atoms with Gasteiger partial charge in [0.25, 0.3) is 5.91 Å². The van der Waals surface area contributed by atoms with Gasteiger partial charge in [0.05, 0.1) is 4.90 Å². The van der Waals surface area contributed by atoms with Gasteiger partial charge in [-0.05, 0) is 62.2 Å². The van der Waals surface area contributed by atoms with Crippen LogP contribution in [0, 0.1) is 0 Å². The van der Waals surface area contributed by atoms with Crippen molar-refractivity contribution in [1.29, 1.82) is 0 Å². The van der Waals surface area contributed by atoms with Crippen LogP contribution in [-0.4, -0.2) is 37.8 Å². The molecule has 0 aliphatic carbocycles. The average Bonchev–Trinajstić information content (AvgIpc) is 2.69. The van der Waals surface area contributed by atoms with Gasteiger partial charge in [0, 0.05) is 23.8 Å². The van der Waals surface area contributed by atoms with Gasteiger partial charge in [0.1, 0.15) is 5.75 Å². The standard InChI is InChI=1S/C20H23ClN2O4S/c1-15(27-18-7-5-6-16(21)14-18)20(24)22-17-8-10-19(11-9-17)28(25,26)23-12-3-2-4-13-23/h5-11,14-15H,2-4,12-13H2,1H3,(H,22,24)/t15-/m0/s1. The van der Waals surface area contributed by atoms with Gasteiger partial charge in [0.15, 0.2) is 6.10 Å². The number of carbonyl (C=O) groups excluding carboxylic acids is 1. The summed E-state index contributed by atoms with van der Waals surface area (Å²) in [5.41, 5.74) is 0.504. The molecule has 1 N–H and O–H groups in total. The molecule has 0 aromatic heterocycles. The molecule has 2 aromatic rings. The summed E-state index contributed by atoms with van der Waals surface area (Å²) in [7, 11) is -3.48. The van der Waals surface area contributed by atoms with Gasteiger partial charge in [-0.3, -0.25) is 4.79 Å². The fourth-order valence-electron chi connectivity index (χ4n) is 3.01. The molecule has 1 fully saturated rings. The molecule has 1 heterocycles. The molecule has 0 radical (unpaired) electrons. The molecule has 8 heteroatoms. The number of benzene rings is 2. The zero-order valence-electron chi connectivity index (χ0n) is 15.6. The number of halogens is 1. The van der Waals surface area contributed by atoms with Crippen LogP contribution in [0.4, 0.5) is 5.69 Å². The summed E-state index contributed by atoms with van der Waals surface area (Å²) in [6.45, 7) is 2.74. The second kappa shape index (κ2) is 8.94. The van der Waals surface area contributed by atoms with Crippen LogP contribution < -0.4 is 10.1 Å². The molecule has 0 bridgehead atoms. The molecule has 1 aliphatic rings. The van der Waals surface area contributed by atoms with Crippen molar-refractivity contribution in [2.75, 3.05) is 18.4 Å². The Hall–Kier alpha value is -2.09. The minimum atomic E-state index is -3.48. The van der Waals surface area contributed by atoms with Gasteiger partial charge < -0.3 is 10.1 Å². The molecular weight excluding hydrogens is 400 g/mol. The van der Waals surface area contributed by atoms with Gasteiger partial charge in [-0.25, -0.2) is 8.42 Å². The van der Waals surface area contributed by atoms with Gasteiger partial charge in [0.2, 0.25) is 10.0 Å². The Balaban J connectivity index is 1.62. The van der Waals surface area contributed by atoms with Crippen LogP contribution in [0.25, 0.3) is 0 Å². The normalized spacial score (nSPS) is 16.4. The molecule has 1 atom stereocenters. The summed E-state index contributed by atoms with van der Waals surface area (Å²) in [4.78, 5) is 12.6. The highest BCUT2D eigenvalue weighted by Crippen LogP contribution is 2.22. The van der Waals surface area contributed by atoms with Crippen LogP contribution >= 0.6 is 11.6 Å². The largest absolute Gasteiger partial charge is 0.481 e. The highest BCUT2D eigenvalue weighted by atomic mass is 35.5. The van der Waals surface area contributed by atoms with Crippen LogP contribution in [0.5, 0.6) is 5.75 Å². The van der Waals surface area contributed by atoms with Crippen LogP contribution in [0.15, 0.2) is 53.4 Å². The van der Waals surface area contributed by atoms with E-state index in [9.17, 15) is 13.2 Å². The van der Waals surface area contributed by atoms with Crippen molar-refractivity contribution in [1.82, 2.24) is 4.31 Å². The zero-order valence-corrected chi connectivity index (χ0v) is 17.2. The molecule has 1 aliphatic heterocycles. The molecule has 0 spiro atoms. The number of hydrogen-bond donors (Lipinski definition) is 1. The van der Waals surface area contributed by atoms with Gasteiger partial charge >= 0.3 is 0 Å². The van der Waals surface area contributed by atoms with Crippen molar-refractivity contribution in [3.63, 3.8) is 0 Å². The molecular formula is C20H23ClN2O4S. The lowest BCUT2D eigenvalue weighted by atomic mass is 10.2. The maximum atomic E-state index is 12.7. The molecule has 0 unspecified atom stereocenters. The SMILES string of the molecule is C[C@H](Oc1cccc(Cl)c1)C(=O)Nc1ccc(S(=O)(=O)N2CCCCC2)cc1. The molecule has 6 nitrogen and oxygen atoms in total. The van der Waals surface area contributed by atoms with Crippen molar-refractivity contribution in [2.24, 2.45) is 0 Å². The lowest BCUT2D eigenvalue weighted by molar-refractivity contribution is -0.122. The number of rotatable bonds is 6. The maximum absolute atomic E-state index is 12.7. The molecule has 1 amide bonds. The molecule has 3 rings (SSSR count). The second-order valence-corrected chi connectivity index (χ2v) is 9.07. The Kier molecular flexibility index (Phi) is 6.59. The highest BCUT2D eigenvalue weighted by molar-refractivity contribution is 7.89. The number of nitrogens with one attached hydrogen (secondary N) is 1. The maximum Gasteiger partial charge on any atom is 0.265 e. The van der Waals surface area contributed by atoms with Crippen LogP contribution in [0.2, 0.25) is 5.02 Å². The quantitative estimate of drug-likeness (QED) is 0.765. The Bertz CT molecular complexity index is 925. The summed E-state index contributed by atoms with van der Waals surface area (Å²) < 4.78 is 32.4. The second-order valence-electron chi connectivity index (χ2n) is 6.70. The minimum Gasteiger partial charge on any atom is -0.481 e. The number of piperidine rings is 1. The van der Waals surface area contributed by atoms with E-state index >= 15 is 0 Å². The fraction of sp³-hybridized carbons (Fsp3) is 0.350. The fourth-order valence-corrected chi connectivity index (χ4v) is 4.70. The number of anilines is 1. The van der Waals surface area contributed by atoms with E-state index in [-0.39, 0.29) is 10.8 Å². The van der Waals surface area contributed by atoms with Crippen molar-refractivity contribution in [2.45, 2.75) is 37.2 Å². The lowest BCUT2D eigenvalue weighted by Gasteiger charge is -2.25. The van der Waals surface area contributed by atoms with E-state index in [0.29, 0.717) is 29.5 Å². The Morgan fingerprint density at radius 2 is 1.79 bits per heavy atom. The average molecular weight is 423 g/mol. The van der Waals surface area contributed by atoms with Crippen LogP contribution in [0.3, 0.4) is 0 Å². The van der Waals surface area contributed by atoms with E-state index in [1.54, 1.807) is 43.3 Å². The number of ether oxygens (including phenoxy) is 1. The van der Waals surface area contributed by atoms with Crippen molar-refractivity contribution >= 4 is 33.2 Å². The minimum absolute atomic E-state index is 0.232. The Morgan fingerprint density at radius 3 is 2.43 bits per heavy atom. The predicted octanol–water partition coefficient (Wildman–Crippen LogP) is 3.92. The van der Waals surface area contributed by atoms with Crippen LogP contribution in [0.1, 0.15) is 26.2 Å². The third kappa shape index (κ3) is 5.04. The van der Waals surface area contributed by atoms with E-state index in [0.717, 1.165) is 19.3 Å². The summed E-state index contributed by atoms with van der Waals surface area (Å²) in [6.07, 6.45) is 2.09. The van der Waals surface area contributed by atoms with Crippen molar-refractivity contribution in [3.8, 4) is 5.75 Å². The summed E-state index contributed by atoms with van der Waals surface area (Å²) >= 11 is 5.91. The lowest BCUT2D eigenvalue weighted by Crippen LogP contribution is -2.35. The van der Waals surface area contributed by atoms with Crippen molar-refractivity contribution < 1.29 is 17.9 Å². The van der Waals surface area contributed by atoms with Crippen molar-refractivity contribution in [3.05, 3.63) is 53.6 Å². The number of amides is 1. The van der Waals surface area contributed by atoms with Crippen LogP contribution in [-0.2, 0) is 14.8 Å². The Labute approximate surface area is 170 Å². The summed E-state index contributed by atoms with van der Waals surface area (Å²) in [5.74, 6) is 0.157. The predicted molar refractivity (Wildman–Crippen MR) is 109 cm³/mol. The molecule has 2 aromatic carbocycles. The van der Waals surface area contributed by atoms with Gasteiger partial charge in [-0.15, -0.1) is 0 Å². The third-order valence-electron chi connectivity index (χ3n) is 4.55. The highest BCUT2D eigenvalue weighted by Gasteiger charge is 2.25. The summed E-state index contributed by atoms with van der Waals surface area (Å²) in [5, 5.41) is 3.25. The van der Waals surface area contributed by atoms with E-state index in [1.807, 2.05) is 0 Å². The van der Waals surface area contributed by atoms with E-state index in [1.165, 1.54) is 16.4 Å². The monoisotopic (exact) mass is 422 g/mol. The Morgan fingerprint density at radius 1 is 1.11 bits per heavy atom. The van der Waals surface area contributed by atoms with Gasteiger partial charge in [-0.2, -0.15) is 4.31 Å². The summed E-state index contributed by atoms with van der Waals surface area (Å²) in [6, 6.07) is 13.0. The first-order valence-electron chi connectivity index (χ1n) is 9.19. The molecule has 150 valence electrons.